The number of thioether (sulfide) groups is 1. The van der Waals surface area contributed by atoms with Gasteiger partial charge in [-0.3, -0.25) is 4.79 Å². The Kier molecular flexibility index (Phi) is 4.92. The lowest BCUT2D eigenvalue weighted by atomic mass is 9.90. The van der Waals surface area contributed by atoms with E-state index in [1.165, 1.54) is 12.8 Å². The van der Waals surface area contributed by atoms with Crippen LogP contribution in [-0.4, -0.2) is 41.7 Å². The third kappa shape index (κ3) is 3.19. The minimum absolute atomic E-state index is 0.0272. The maximum Gasteiger partial charge on any atom is 0.240 e. The van der Waals surface area contributed by atoms with E-state index in [0.29, 0.717) is 37.3 Å². The van der Waals surface area contributed by atoms with Crippen molar-refractivity contribution < 1.29 is 9.53 Å². The predicted octanol–water partition coefficient (Wildman–Crippen LogP) is 1.28. The van der Waals surface area contributed by atoms with Crippen LogP contribution in [0.1, 0.15) is 39.0 Å². The van der Waals surface area contributed by atoms with E-state index >= 15 is 0 Å². The van der Waals surface area contributed by atoms with Crippen molar-refractivity contribution in [2.24, 2.45) is 5.73 Å². The Morgan fingerprint density at radius 2 is 2.17 bits per heavy atom. The second kappa shape index (κ2) is 6.26. The molecule has 18 heavy (non-hydrogen) atoms. The molecule has 2 fully saturated rings. The molecule has 2 atom stereocenters. The highest BCUT2D eigenvalue weighted by molar-refractivity contribution is 7.99. The molecule has 0 spiro atoms. The summed E-state index contributed by atoms with van der Waals surface area (Å²) in [5, 5.41) is 3.76. The summed E-state index contributed by atoms with van der Waals surface area (Å²) in [6.45, 7) is 3.37. The molecule has 0 radical (unpaired) electrons. The first-order chi connectivity index (χ1) is 8.65. The minimum Gasteiger partial charge on any atom is -0.381 e. The average molecular weight is 272 g/mol. The second-order valence-electron chi connectivity index (χ2n) is 5.27. The molecule has 2 rings (SSSR count). The lowest BCUT2D eigenvalue weighted by Crippen LogP contribution is -2.59. The molecule has 1 aliphatic heterocycles. The van der Waals surface area contributed by atoms with E-state index in [1.807, 2.05) is 11.8 Å². The summed E-state index contributed by atoms with van der Waals surface area (Å²) in [6, 6.07) is 0.311. The van der Waals surface area contributed by atoms with Crippen LogP contribution in [0, 0.1) is 0 Å². The number of nitrogens with two attached hydrogens (primary N) is 1. The topological polar surface area (TPSA) is 64.4 Å². The summed E-state index contributed by atoms with van der Waals surface area (Å²) in [5.41, 5.74) is 5.50. The summed E-state index contributed by atoms with van der Waals surface area (Å²) in [7, 11) is 0. The molecule has 1 saturated carbocycles. The van der Waals surface area contributed by atoms with Crippen LogP contribution in [0.2, 0.25) is 0 Å². The Labute approximate surface area is 113 Å². The number of rotatable bonds is 4. The summed E-state index contributed by atoms with van der Waals surface area (Å²) in [4.78, 5) is 12.3. The van der Waals surface area contributed by atoms with Crippen LogP contribution >= 0.6 is 11.8 Å². The van der Waals surface area contributed by atoms with Gasteiger partial charge in [0, 0.05) is 24.5 Å². The van der Waals surface area contributed by atoms with Crippen molar-refractivity contribution in [3.05, 3.63) is 0 Å². The SMILES string of the molecule is CCSC1CCCC1NC(=O)C1(N)CCOCC1. The zero-order valence-electron chi connectivity index (χ0n) is 11.1. The van der Waals surface area contributed by atoms with Gasteiger partial charge in [-0.15, -0.1) is 0 Å². The number of ether oxygens (including phenoxy) is 1. The van der Waals surface area contributed by atoms with Gasteiger partial charge in [0.2, 0.25) is 5.91 Å². The smallest absolute Gasteiger partial charge is 0.240 e. The molecule has 0 aromatic rings. The highest BCUT2D eigenvalue weighted by Gasteiger charge is 2.38. The molecule has 1 saturated heterocycles. The lowest BCUT2D eigenvalue weighted by Gasteiger charge is -2.33. The number of carbonyl (C=O) groups is 1. The molecular formula is C13H24N2O2S. The molecule has 2 unspecified atom stereocenters. The molecular weight excluding hydrogens is 248 g/mol. The molecule has 104 valence electrons. The average Bonchev–Trinajstić information content (AvgIpc) is 2.78. The summed E-state index contributed by atoms with van der Waals surface area (Å²) < 4.78 is 5.28. The van der Waals surface area contributed by atoms with E-state index in [4.69, 9.17) is 10.5 Å². The molecule has 0 aromatic carbocycles. The highest BCUT2D eigenvalue weighted by atomic mass is 32.2. The van der Waals surface area contributed by atoms with Crippen molar-refractivity contribution in [3.8, 4) is 0 Å². The fourth-order valence-corrected chi connectivity index (χ4v) is 3.98. The molecule has 1 aliphatic carbocycles. The number of hydrogen-bond donors (Lipinski definition) is 2. The van der Waals surface area contributed by atoms with Crippen LogP contribution in [0.25, 0.3) is 0 Å². The molecule has 1 amide bonds. The van der Waals surface area contributed by atoms with Crippen molar-refractivity contribution in [1.29, 1.82) is 0 Å². The molecule has 1 heterocycles. The molecule has 4 nitrogen and oxygen atoms in total. The van der Waals surface area contributed by atoms with Crippen molar-refractivity contribution in [3.63, 3.8) is 0 Å². The summed E-state index contributed by atoms with van der Waals surface area (Å²) in [6.07, 6.45) is 4.79. The Morgan fingerprint density at radius 1 is 1.44 bits per heavy atom. The maximum atomic E-state index is 12.3. The normalized spacial score (nSPS) is 31.2. The number of carbonyl (C=O) groups excluding carboxylic acids is 1. The van der Waals surface area contributed by atoms with Gasteiger partial charge in [0.05, 0.1) is 5.54 Å². The summed E-state index contributed by atoms with van der Waals surface area (Å²) in [5.74, 6) is 1.14. The van der Waals surface area contributed by atoms with Gasteiger partial charge >= 0.3 is 0 Å². The predicted molar refractivity (Wildman–Crippen MR) is 74.7 cm³/mol. The van der Waals surface area contributed by atoms with E-state index in [0.717, 1.165) is 12.2 Å². The third-order valence-corrected chi connectivity index (χ3v) is 5.31. The van der Waals surface area contributed by atoms with Crippen LogP contribution in [0.3, 0.4) is 0 Å². The van der Waals surface area contributed by atoms with Crippen LogP contribution in [0.15, 0.2) is 0 Å². The van der Waals surface area contributed by atoms with Gasteiger partial charge < -0.3 is 15.8 Å². The van der Waals surface area contributed by atoms with Crippen molar-refractivity contribution in [1.82, 2.24) is 5.32 Å². The van der Waals surface area contributed by atoms with Crippen molar-refractivity contribution in [2.45, 2.75) is 55.9 Å². The van der Waals surface area contributed by atoms with Gasteiger partial charge in [-0.2, -0.15) is 11.8 Å². The van der Waals surface area contributed by atoms with Gasteiger partial charge in [-0.1, -0.05) is 13.3 Å². The highest BCUT2D eigenvalue weighted by Crippen LogP contribution is 2.30. The van der Waals surface area contributed by atoms with E-state index in [2.05, 4.69) is 12.2 Å². The first-order valence-corrected chi connectivity index (χ1v) is 8.00. The minimum atomic E-state index is -0.706. The summed E-state index contributed by atoms with van der Waals surface area (Å²) >= 11 is 1.95. The quantitative estimate of drug-likeness (QED) is 0.809. The molecule has 3 N–H and O–H groups in total. The van der Waals surface area contributed by atoms with Crippen LogP contribution in [-0.2, 0) is 9.53 Å². The monoisotopic (exact) mass is 272 g/mol. The standard InChI is InChI=1S/C13H24N2O2S/c1-2-18-11-5-3-4-10(11)15-12(16)13(14)6-8-17-9-7-13/h10-11H,2-9,14H2,1H3,(H,15,16). The van der Waals surface area contributed by atoms with Gasteiger partial charge in [0.25, 0.3) is 0 Å². The zero-order valence-corrected chi connectivity index (χ0v) is 11.9. The maximum absolute atomic E-state index is 12.3. The van der Waals surface area contributed by atoms with Crippen LogP contribution in [0.5, 0.6) is 0 Å². The Bertz CT molecular complexity index is 293. The largest absolute Gasteiger partial charge is 0.381 e. The third-order valence-electron chi connectivity index (χ3n) is 3.99. The fourth-order valence-electron chi connectivity index (χ4n) is 2.78. The van der Waals surface area contributed by atoms with Gasteiger partial charge in [0.15, 0.2) is 0 Å². The first-order valence-electron chi connectivity index (χ1n) is 6.95. The fraction of sp³-hybridized carbons (Fsp3) is 0.923. The van der Waals surface area contributed by atoms with Gasteiger partial charge in [0.1, 0.15) is 0 Å². The van der Waals surface area contributed by atoms with Crippen molar-refractivity contribution >= 4 is 17.7 Å². The Morgan fingerprint density at radius 3 is 2.83 bits per heavy atom. The van der Waals surface area contributed by atoms with Crippen molar-refractivity contribution in [2.75, 3.05) is 19.0 Å². The van der Waals surface area contributed by atoms with E-state index in [1.54, 1.807) is 0 Å². The van der Waals surface area contributed by atoms with E-state index in [-0.39, 0.29) is 5.91 Å². The van der Waals surface area contributed by atoms with Crippen LogP contribution in [0.4, 0.5) is 0 Å². The number of nitrogens with one attached hydrogen (secondary N) is 1. The second-order valence-corrected chi connectivity index (χ2v) is 6.79. The zero-order chi connectivity index (χ0) is 13.0. The lowest BCUT2D eigenvalue weighted by molar-refractivity contribution is -0.130. The molecule has 0 bridgehead atoms. The first kappa shape index (κ1) is 14.2. The number of hydrogen-bond acceptors (Lipinski definition) is 4. The Balaban J connectivity index is 1.89. The molecule has 5 heteroatoms. The molecule has 0 aromatic heterocycles. The molecule has 2 aliphatic rings. The van der Waals surface area contributed by atoms with Crippen LogP contribution < -0.4 is 11.1 Å². The number of amides is 1. The Hall–Kier alpha value is -0.260. The van der Waals surface area contributed by atoms with E-state index < -0.39 is 5.54 Å². The van der Waals surface area contributed by atoms with Gasteiger partial charge in [-0.25, -0.2) is 0 Å². The van der Waals surface area contributed by atoms with E-state index in [9.17, 15) is 4.79 Å². The van der Waals surface area contributed by atoms with Gasteiger partial charge in [-0.05, 0) is 31.4 Å².